The van der Waals surface area contributed by atoms with Crippen LogP contribution < -0.4 is 24.4 Å². The van der Waals surface area contributed by atoms with Crippen molar-refractivity contribution in [2.24, 2.45) is 0 Å². The number of para-hydroxylation sites is 1. The van der Waals surface area contributed by atoms with Gasteiger partial charge in [0.1, 0.15) is 11.4 Å². The quantitative estimate of drug-likeness (QED) is 0.389. The number of aromatic nitrogens is 1. The summed E-state index contributed by atoms with van der Waals surface area (Å²) >= 11 is 5.94. The minimum atomic E-state index is -0.197. The van der Waals surface area contributed by atoms with Gasteiger partial charge in [0.25, 0.3) is 11.8 Å². The van der Waals surface area contributed by atoms with Crippen molar-refractivity contribution in [1.29, 1.82) is 0 Å². The Morgan fingerprint density at radius 1 is 0.921 bits per heavy atom. The number of rotatable bonds is 6. The lowest BCUT2D eigenvalue weighted by molar-refractivity contribution is -0.120. The van der Waals surface area contributed by atoms with E-state index in [4.69, 9.17) is 25.8 Å². The maximum Gasteiger partial charge on any atom is 0.268 e. The van der Waals surface area contributed by atoms with Crippen LogP contribution >= 0.6 is 11.6 Å². The van der Waals surface area contributed by atoms with Crippen molar-refractivity contribution in [3.05, 3.63) is 106 Å². The van der Waals surface area contributed by atoms with Crippen molar-refractivity contribution in [2.45, 2.75) is 19.6 Å². The second kappa shape index (κ2) is 10.1. The average Bonchev–Trinajstić information content (AvgIpc) is 3.53. The summed E-state index contributed by atoms with van der Waals surface area (Å²) in [5, 5.41) is 3.60. The Kier molecular flexibility index (Phi) is 6.39. The summed E-state index contributed by atoms with van der Waals surface area (Å²) < 4.78 is 18.5. The van der Waals surface area contributed by atoms with Gasteiger partial charge in [0.15, 0.2) is 18.1 Å². The second-order valence-corrected chi connectivity index (χ2v) is 9.45. The SMILES string of the molecule is O=C(NCc1ccc2c(c1)OCO2)c1ccc2n1Cc1ccccc1N(C(=O)COc1ccc(Cl)cc1)C2. The normalized spacial score (nSPS) is 13.3. The molecule has 1 aromatic heterocycles. The van der Waals surface area contributed by atoms with Crippen LogP contribution in [0.25, 0.3) is 0 Å². The number of amides is 2. The van der Waals surface area contributed by atoms with Gasteiger partial charge in [0, 0.05) is 22.9 Å². The minimum absolute atomic E-state index is 0.125. The molecule has 0 unspecified atom stereocenters. The summed E-state index contributed by atoms with van der Waals surface area (Å²) in [5.41, 5.74) is 4.03. The zero-order chi connectivity index (χ0) is 26.1. The molecule has 0 saturated carbocycles. The Bertz CT molecular complexity index is 1520. The first-order chi connectivity index (χ1) is 18.5. The summed E-state index contributed by atoms with van der Waals surface area (Å²) in [6, 6.07) is 23.9. The first kappa shape index (κ1) is 23.9. The largest absolute Gasteiger partial charge is 0.484 e. The smallest absolute Gasteiger partial charge is 0.268 e. The van der Waals surface area contributed by atoms with Crippen LogP contribution in [0.5, 0.6) is 17.2 Å². The number of ether oxygens (including phenoxy) is 3. The van der Waals surface area contributed by atoms with Crippen molar-refractivity contribution in [3.63, 3.8) is 0 Å². The number of hydrogen-bond donors (Lipinski definition) is 1. The number of hydrogen-bond acceptors (Lipinski definition) is 5. The maximum absolute atomic E-state index is 13.3. The molecule has 192 valence electrons. The first-order valence-corrected chi connectivity index (χ1v) is 12.5. The van der Waals surface area contributed by atoms with Crippen molar-refractivity contribution in [1.82, 2.24) is 9.88 Å². The van der Waals surface area contributed by atoms with E-state index in [-0.39, 0.29) is 25.2 Å². The summed E-state index contributed by atoms with van der Waals surface area (Å²) in [6.07, 6.45) is 0. The van der Waals surface area contributed by atoms with Gasteiger partial charge in [0.05, 0.1) is 13.1 Å². The number of anilines is 1. The molecule has 2 aliphatic rings. The predicted octanol–water partition coefficient (Wildman–Crippen LogP) is 4.77. The van der Waals surface area contributed by atoms with E-state index >= 15 is 0 Å². The maximum atomic E-state index is 13.3. The molecule has 0 fully saturated rings. The lowest BCUT2D eigenvalue weighted by atomic mass is 10.1. The lowest BCUT2D eigenvalue weighted by Crippen LogP contribution is -2.34. The molecule has 1 N–H and O–H groups in total. The molecular weight excluding hydrogens is 506 g/mol. The van der Waals surface area contributed by atoms with Gasteiger partial charge < -0.3 is 29.0 Å². The molecule has 0 atom stereocenters. The summed E-state index contributed by atoms with van der Waals surface area (Å²) in [4.78, 5) is 28.2. The van der Waals surface area contributed by atoms with Gasteiger partial charge >= 0.3 is 0 Å². The fraction of sp³-hybridized carbons (Fsp3) is 0.172. The number of carbonyl (C=O) groups is 2. The molecule has 4 aromatic rings. The van der Waals surface area contributed by atoms with Crippen LogP contribution in [0.4, 0.5) is 5.69 Å². The van der Waals surface area contributed by atoms with Crippen molar-refractivity contribution < 1.29 is 23.8 Å². The van der Waals surface area contributed by atoms with Crippen LogP contribution in [0.15, 0.2) is 78.9 Å². The third kappa shape index (κ3) is 4.78. The standard InChI is InChI=1S/C29H24ClN3O5/c30-21-6-9-23(10-7-21)36-17-28(34)33-16-22-8-11-25(32(22)15-20-3-1-2-4-24(20)33)29(35)31-14-19-5-12-26-27(13-19)38-18-37-26/h1-13H,14-18H2,(H,31,35). The molecule has 0 spiro atoms. The van der Waals surface area contributed by atoms with Crippen molar-refractivity contribution in [2.75, 3.05) is 18.3 Å². The summed E-state index contributed by atoms with van der Waals surface area (Å²) in [6.45, 7) is 1.21. The van der Waals surface area contributed by atoms with Crippen LogP contribution in [0.3, 0.4) is 0 Å². The Morgan fingerprint density at radius 2 is 1.74 bits per heavy atom. The van der Waals surface area contributed by atoms with E-state index in [0.29, 0.717) is 47.6 Å². The Balaban J connectivity index is 1.20. The van der Waals surface area contributed by atoms with Crippen LogP contribution in [-0.4, -0.2) is 29.8 Å². The number of benzene rings is 3. The molecular formula is C29H24ClN3O5. The third-order valence-corrected chi connectivity index (χ3v) is 6.85. The summed E-state index contributed by atoms with van der Waals surface area (Å²) in [5.74, 6) is 1.56. The molecule has 0 saturated heterocycles. The molecule has 0 radical (unpaired) electrons. The third-order valence-electron chi connectivity index (χ3n) is 6.60. The average molecular weight is 530 g/mol. The molecule has 2 aliphatic heterocycles. The van der Waals surface area contributed by atoms with E-state index < -0.39 is 0 Å². The van der Waals surface area contributed by atoms with Gasteiger partial charge in [-0.1, -0.05) is 35.9 Å². The number of fused-ring (bicyclic) bond motifs is 3. The molecule has 2 amide bonds. The zero-order valence-electron chi connectivity index (χ0n) is 20.4. The molecule has 8 nitrogen and oxygen atoms in total. The Labute approximate surface area is 224 Å². The molecule has 9 heteroatoms. The molecule has 0 aliphatic carbocycles. The minimum Gasteiger partial charge on any atom is -0.484 e. The highest BCUT2D eigenvalue weighted by molar-refractivity contribution is 6.30. The molecule has 0 bridgehead atoms. The van der Waals surface area contributed by atoms with Crippen LogP contribution in [-0.2, 0) is 24.4 Å². The van der Waals surface area contributed by atoms with E-state index in [0.717, 1.165) is 22.5 Å². The van der Waals surface area contributed by atoms with Gasteiger partial charge in [0.2, 0.25) is 6.79 Å². The summed E-state index contributed by atoms with van der Waals surface area (Å²) in [7, 11) is 0. The fourth-order valence-electron chi connectivity index (χ4n) is 4.66. The highest BCUT2D eigenvalue weighted by atomic mass is 35.5. The van der Waals surface area contributed by atoms with Gasteiger partial charge in [-0.25, -0.2) is 0 Å². The fourth-order valence-corrected chi connectivity index (χ4v) is 4.78. The number of halogens is 1. The van der Waals surface area contributed by atoms with E-state index in [1.54, 1.807) is 35.2 Å². The van der Waals surface area contributed by atoms with Gasteiger partial charge in [-0.3, -0.25) is 9.59 Å². The topological polar surface area (TPSA) is 82.0 Å². The van der Waals surface area contributed by atoms with Crippen LogP contribution in [0.1, 0.15) is 27.3 Å². The van der Waals surface area contributed by atoms with Crippen molar-refractivity contribution in [3.8, 4) is 17.2 Å². The molecule has 3 aromatic carbocycles. The Morgan fingerprint density at radius 3 is 2.61 bits per heavy atom. The van der Waals surface area contributed by atoms with Gasteiger partial charge in [-0.2, -0.15) is 0 Å². The van der Waals surface area contributed by atoms with Crippen LogP contribution in [0.2, 0.25) is 5.02 Å². The van der Waals surface area contributed by atoms with Gasteiger partial charge in [-0.15, -0.1) is 0 Å². The number of nitrogens with one attached hydrogen (secondary N) is 1. The van der Waals surface area contributed by atoms with Crippen LogP contribution in [0, 0.1) is 0 Å². The zero-order valence-corrected chi connectivity index (χ0v) is 21.1. The molecule has 38 heavy (non-hydrogen) atoms. The second-order valence-electron chi connectivity index (χ2n) is 9.02. The monoisotopic (exact) mass is 529 g/mol. The van der Waals surface area contributed by atoms with Gasteiger partial charge in [-0.05, 0) is 65.7 Å². The van der Waals surface area contributed by atoms with E-state index in [1.807, 2.05) is 53.1 Å². The Hall–Kier alpha value is -4.43. The van der Waals surface area contributed by atoms with Crippen molar-refractivity contribution >= 4 is 29.1 Å². The van der Waals surface area contributed by atoms with E-state index in [1.165, 1.54) is 0 Å². The number of carbonyl (C=O) groups excluding carboxylic acids is 2. The molecule has 6 rings (SSSR count). The number of nitrogens with zero attached hydrogens (tertiary/aromatic N) is 2. The lowest BCUT2D eigenvalue weighted by Gasteiger charge is -2.22. The first-order valence-electron chi connectivity index (χ1n) is 12.2. The highest BCUT2D eigenvalue weighted by Crippen LogP contribution is 2.33. The van der Waals surface area contributed by atoms with E-state index in [2.05, 4.69) is 5.32 Å². The predicted molar refractivity (Wildman–Crippen MR) is 142 cm³/mol. The molecule has 3 heterocycles. The van der Waals surface area contributed by atoms with E-state index in [9.17, 15) is 9.59 Å². The highest BCUT2D eigenvalue weighted by Gasteiger charge is 2.27.